The second kappa shape index (κ2) is 3.78. The van der Waals surface area contributed by atoms with E-state index in [4.69, 9.17) is 27.9 Å². The number of ether oxygens (including phenoxy) is 1. The first-order chi connectivity index (χ1) is 5.95. The molecule has 0 aliphatic rings. The Kier molecular flexibility index (Phi) is 3.11. The molecule has 0 saturated heterocycles. The number of nitrogens with zero attached hydrogens (tertiary/aromatic N) is 2. The summed E-state index contributed by atoms with van der Waals surface area (Å²) in [7, 11) is 1.58. The van der Waals surface area contributed by atoms with Gasteiger partial charge < -0.3 is 4.74 Å². The molecule has 0 aliphatic heterocycles. The molecule has 0 amide bonds. The molecule has 1 heterocycles. The van der Waals surface area contributed by atoms with E-state index in [0.29, 0.717) is 16.1 Å². The third-order valence-corrected chi connectivity index (χ3v) is 2.10. The van der Waals surface area contributed by atoms with Crippen molar-refractivity contribution in [3.63, 3.8) is 0 Å². The normalized spacial score (nSPS) is 11.8. The van der Waals surface area contributed by atoms with Gasteiger partial charge in [-0.05, 0) is 13.8 Å². The van der Waals surface area contributed by atoms with E-state index in [1.165, 1.54) is 6.07 Å². The summed E-state index contributed by atoms with van der Waals surface area (Å²) in [4.78, 5) is 8.04. The lowest BCUT2D eigenvalue weighted by molar-refractivity contribution is 0.0115. The van der Waals surface area contributed by atoms with Gasteiger partial charge >= 0.3 is 0 Å². The largest absolute Gasteiger partial charge is 0.371 e. The van der Waals surface area contributed by atoms with Gasteiger partial charge in [-0.15, -0.1) is 0 Å². The number of aromatic nitrogens is 2. The van der Waals surface area contributed by atoms with Gasteiger partial charge in [-0.25, -0.2) is 9.97 Å². The van der Waals surface area contributed by atoms with E-state index in [9.17, 15) is 0 Å². The van der Waals surface area contributed by atoms with E-state index in [2.05, 4.69) is 9.97 Å². The van der Waals surface area contributed by atoms with E-state index in [-0.39, 0.29) is 0 Å². The molecule has 0 saturated carbocycles. The molecule has 0 spiro atoms. The van der Waals surface area contributed by atoms with Crippen LogP contribution in [0.1, 0.15) is 19.7 Å². The highest BCUT2D eigenvalue weighted by atomic mass is 35.5. The van der Waals surface area contributed by atoms with Crippen LogP contribution in [0, 0.1) is 0 Å². The number of methoxy groups -OCH3 is 1. The first-order valence-corrected chi connectivity index (χ1v) is 4.47. The lowest BCUT2D eigenvalue weighted by atomic mass is 10.1. The molecule has 0 aliphatic carbocycles. The molecule has 1 aromatic heterocycles. The molecule has 0 aromatic carbocycles. The molecule has 0 radical (unpaired) electrons. The molecular weight excluding hydrogens is 211 g/mol. The molecule has 0 bridgehead atoms. The van der Waals surface area contributed by atoms with Crippen LogP contribution in [0.15, 0.2) is 6.07 Å². The Morgan fingerprint density at radius 2 is 1.69 bits per heavy atom. The van der Waals surface area contributed by atoms with Gasteiger partial charge in [0.25, 0.3) is 0 Å². The zero-order valence-corrected chi connectivity index (χ0v) is 9.15. The van der Waals surface area contributed by atoms with Crippen LogP contribution >= 0.6 is 23.2 Å². The van der Waals surface area contributed by atoms with Gasteiger partial charge in [0.05, 0.1) is 0 Å². The summed E-state index contributed by atoms with van der Waals surface area (Å²) in [5.41, 5.74) is -0.575. The van der Waals surface area contributed by atoms with Crippen LogP contribution in [0.25, 0.3) is 0 Å². The number of hydrogen-bond donors (Lipinski definition) is 0. The highest BCUT2D eigenvalue weighted by Crippen LogP contribution is 2.23. The zero-order chi connectivity index (χ0) is 10.1. The van der Waals surface area contributed by atoms with Crippen molar-refractivity contribution in [2.45, 2.75) is 19.4 Å². The monoisotopic (exact) mass is 220 g/mol. The van der Waals surface area contributed by atoms with Crippen molar-refractivity contribution < 1.29 is 4.74 Å². The Hall–Kier alpha value is -0.380. The molecule has 0 N–H and O–H groups in total. The minimum atomic E-state index is -0.575. The molecule has 0 atom stereocenters. The van der Waals surface area contributed by atoms with Crippen molar-refractivity contribution in [1.29, 1.82) is 0 Å². The predicted molar refractivity (Wildman–Crippen MR) is 52.1 cm³/mol. The summed E-state index contributed by atoms with van der Waals surface area (Å²) in [6, 6.07) is 1.48. The number of halogens is 2. The minimum Gasteiger partial charge on any atom is -0.371 e. The van der Waals surface area contributed by atoms with Gasteiger partial charge in [0, 0.05) is 13.2 Å². The van der Waals surface area contributed by atoms with Gasteiger partial charge in [0.15, 0.2) is 5.82 Å². The molecule has 3 nitrogen and oxygen atoms in total. The summed E-state index contributed by atoms with van der Waals surface area (Å²) in [6.07, 6.45) is 0. The van der Waals surface area contributed by atoms with Gasteiger partial charge in [0.1, 0.15) is 15.9 Å². The van der Waals surface area contributed by atoms with E-state index >= 15 is 0 Å². The van der Waals surface area contributed by atoms with E-state index < -0.39 is 5.60 Å². The van der Waals surface area contributed by atoms with Crippen LogP contribution < -0.4 is 0 Å². The number of rotatable bonds is 2. The highest BCUT2D eigenvalue weighted by Gasteiger charge is 2.23. The summed E-state index contributed by atoms with van der Waals surface area (Å²) in [6.45, 7) is 3.68. The third kappa shape index (κ3) is 2.53. The average Bonchev–Trinajstić information content (AvgIpc) is 2.02. The minimum absolute atomic E-state index is 0.320. The summed E-state index contributed by atoms with van der Waals surface area (Å²) < 4.78 is 5.19. The fourth-order valence-electron chi connectivity index (χ4n) is 0.751. The first-order valence-electron chi connectivity index (χ1n) is 3.71. The van der Waals surface area contributed by atoms with Crippen LogP contribution in [0.4, 0.5) is 0 Å². The van der Waals surface area contributed by atoms with Crippen LogP contribution in [0.5, 0.6) is 0 Å². The van der Waals surface area contributed by atoms with Crippen molar-refractivity contribution in [3.05, 3.63) is 22.2 Å². The smallest absolute Gasteiger partial charge is 0.163 e. The van der Waals surface area contributed by atoms with Crippen molar-refractivity contribution in [2.75, 3.05) is 7.11 Å². The fourth-order valence-corrected chi connectivity index (χ4v) is 1.17. The van der Waals surface area contributed by atoms with Crippen molar-refractivity contribution in [3.8, 4) is 0 Å². The van der Waals surface area contributed by atoms with Crippen molar-refractivity contribution in [2.24, 2.45) is 0 Å². The van der Waals surface area contributed by atoms with E-state index in [1.807, 2.05) is 13.8 Å². The van der Waals surface area contributed by atoms with Crippen LogP contribution in [-0.2, 0) is 10.3 Å². The standard InChI is InChI=1S/C8H10Cl2N2O/c1-8(2,13-3)7-11-5(9)4-6(10)12-7/h4H,1-3H3. The van der Waals surface area contributed by atoms with Crippen LogP contribution in [-0.4, -0.2) is 17.1 Å². The lowest BCUT2D eigenvalue weighted by Crippen LogP contribution is -2.23. The topological polar surface area (TPSA) is 35.0 Å². The van der Waals surface area contributed by atoms with E-state index in [0.717, 1.165) is 0 Å². The van der Waals surface area contributed by atoms with Crippen molar-refractivity contribution >= 4 is 23.2 Å². The summed E-state index contributed by atoms with van der Waals surface area (Å²) in [5.74, 6) is 0.479. The van der Waals surface area contributed by atoms with Crippen LogP contribution in [0.2, 0.25) is 10.3 Å². The SMILES string of the molecule is COC(C)(C)c1nc(Cl)cc(Cl)n1. The fraction of sp³-hybridized carbons (Fsp3) is 0.500. The quantitative estimate of drug-likeness (QED) is 0.720. The summed E-state index contributed by atoms with van der Waals surface area (Å²) in [5, 5.41) is 0.639. The molecular formula is C8H10Cl2N2O. The Balaban J connectivity index is 3.15. The Morgan fingerprint density at radius 1 is 1.23 bits per heavy atom. The third-order valence-electron chi connectivity index (χ3n) is 1.71. The molecule has 0 fully saturated rings. The maximum absolute atomic E-state index is 5.72. The summed E-state index contributed by atoms with van der Waals surface area (Å²) >= 11 is 11.4. The maximum Gasteiger partial charge on any atom is 0.163 e. The van der Waals surface area contributed by atoms with Gasteiger partial charge in [-0.2, -0.15) is 0 Å². The Morgan fingerprint density at radius 3 is 2.08 bits per heavy atom. The molecule has 1 rings (SSSR count). The lowest BCUT2D eigenvalue weighted by Gasteiger charge is -2.20. The van der Waals surface area contributed by atoms with Crippen LogP contribution in [0.3, 0.4) is 0 Å². The highest BCUT2D eigenvalue weighted by molar-refractivity contribution is 6.33. The molecule has 5 heteroatoms. The average molecular weight is 221 g/mol. The molecule has 13 heavy (non-hydrogen) atoms. The first kappa shape index (κ1) is 10.7. The second-order valence-electron chi connectivity index (χ2n) is 3.05. The van der Waals surface area contributed by atoms with Gasteiger partial charge in [-0.1, -0.05) is 23.2 Å². The number of hydrogen-bond acceptors (Lipinski definition) is 3. The Bertz CT molecular complexity index is 295. The van der Waals surface area contributed by atoms with Crippen molar-refractivity contribution in [1.82, 2.24) is 9.97 Å². The maximum atomic E-state index is 5.72. The zero-order valence-electron chi connectivity index (χ0n) is 7.64. The van der Waals surface area contributed by atoms with E-state index in [1.54, 1.807) is 7.11 Å². The Labute approximate surface area is 87.1 Å². The molecule has 0 unspecified atom stereocenters. The molecule has 1 aromatic rings. The van der Waals surface area contributed by atoms with Gasteiger partial charge in [0.2, 0.25) is 0 Å². The second-order valence-corrected chi connectivity index (χ2v) is 3.83. The predicted octanol–water partition coefficient (Wildman–Crippen LogP) is 2.66. The molecule has 72 valence electrons. The van der Waals surface area contributed by atoms with Gasteiger partial charge in [-0.3, -0.25) is 0 Å².